The first-order chi connectivity index (χ1) is 6.06. The van der Waals surface area contributed by atoms with Crippen LogP contribution in [0.25, 0.3) is 0 Å². The number of methoxy groups -OCH3 is 1. The molecule has 0 saturated heterocycles. The molecule has 0 heterocycles. The first kappa shape index (κ1) is 10.2. The summed E-state index contributed by atoms with van der Waals surface area (Å²) in [7, 11) is 3.99. The van der Waals surface area contributed by atoms with Crippen LogP contribution in [0.5, 0.6) is 0 Å². The van der Waals surface area contributed by atoms with Crippen molar-refractivity contribution in [3.8, 4) is 0 Å². The minimum Gasteiger partial charge on any atom is -0.465 e. The van der Waals surface area contributed by atoms with Crippen LogP contribution in [-0.4, -0.2) is 13.1 Å². The molecule has 0 aliphatic heterocycles. The fourth-order valence-corrected chi connectivity index (χ4v) is 1.45. The van der Waals surface area contributed by atoms with Crippen LogP contribution >= 0.6 is 9.24 Å². The molecule has 1 aromatic rings. The van der Waals surface area contributed by atoms with Gasteiger partial charge in [-0.1, -0.05) is 6.07 Å². The molecule has 0 radical (unpaired) electrons. The van der Waals surface area contributed by atoms with Gasteiger partial charge in [0.05, 0.1) is 12.7 Å². The number of carbonyl (C=O) groups excluding carboxylic acids is 1. The molecule has 0 aromatic heterocycles. The highest BCUT2D eigenvalue weighted by molar-refractivity contribution is 7.27. The minimum atomic E-state index is -0.277. The zero-order valence-corrected chi connectivity index (χ0v) is 9.20. The van der Waals surface area contributed by atoms with Crippen LogP contribution < -0.4 is 5.30 Å². The van der Waals surface area contributed by atoms with E-state index in [0.29, 0.717) is 5.56 Å². The molecule has 0 aliphatic rings. The molecular formula is C10H13O2P. The van der Waals surface area contributed by atoms with Crippen LogP contribution in [0.15, 0.2) is 12.1 Å². The number of esters is 1. The van der Waals surface area contributed by atoms with Gasteiger partial charge < -0.3 is 4.74 Å². The van der Waals surface area contributed by atoms with E-state index in [-0.39, 0.29) is 5.97 Å². The van der Waals surface area contributed by atoms with Crippen molar-refractivity contribution in [2.45, 2.75) is 13.8 Å². The van der Waals surface area contributed by atoms with Crippen molar-refractivity contribution in [2.75, 3.05) is 7.11 Å². The van der Waals surface area contributed by atoms with Gasteiger partial charge in [0.1, 0.15) is 0 Å². The Morgan fingerprint density at radius 2 is 1.92 bits per heavy atom. The zero-order chi connectivity index (χ0) is 10.0. The smallest absolute Gasteiger partial charge is 0.338 e. The Hall–Kier alpha value is -0.880. The highest BCUT2D eigenvalue weighted by atomic mass is 31.0. The molecule has 3 heteroatoms. The van der Waals surface area contributed by atoms with E-state index in [1.807, 2.05) is 26.0 Å². The van der Waals surface area contributed by atoms with Gasteiger partial charge in [0.15, 0.2) is 0 Å². The molecule has 2 nitrogen and oxygen atoms in total. The van der Waals surface area contributed by atoms with Gasteiger partial charge in [-0.3, -0.25) is 0 Å². The SMILES string of the molecule is COC(=O)c1cc(P)c(C)cc1C. The number of ether oxygens (including phenoxy) is 1. The van der Waals surface area contributed by atoms with Crippen molar-refractivity contribution < 1.29 is 9.53 Å². The van der Waals surface area contributed by atoms with E-state index in [4.69, 9.17) is 0 Å². The summed E-state index contributed by atoms with van der Waals surface area (Å²) in [4.78, 5) is 11.3. The quantitative estimate of drug-likeness (QED) is 0.503. The molecule has 0 spiro atoms. The van der Waals surface area contributed by atoms with Crippen molar-refractivity contribution in [2.24, 2.45) is 0 Å². The van der Waals surface area contributed by atoms with Gasteiger partial charge in [-0.05, 0) is 36.3 Å². The van der Waals surface area contributed by atoms with Gasteiger partial charge in [-0.2, -0.15) is 0 Å². The van der Waals surface area contributed by atoms with E-state index in [1.165, 1.54) is 7.11 Å². The van der Waals surface area contributed by atoms with Gasteiger partial charge in [0.2, 0.25) is 0 Å². The average Bonchev–Trinajstić information content (AvgIpc) is 2.10. The van der Waals surface area contributed by atoms with Gasteiger partial charge in [-0.25, -0.2) is 4.79 Å². The Bertz CT molecular complexity index is 345. The monoisotopic (exact) mass is 196 g/mol. The van der Waals surface area contributed by atoms with Gasteiger partial charge in [0.25, 0.3) is 0 Å². The summed E-state index contributed by atoms with van der Waals surface area (Å²) >= 11 is 0. The predicted octanol–water partition coefficient (Wildman–Crippen LogP) is 1.59. The Balaban J connectivity index is 3.23. The maximum atomic E-state index is 11.3. The molecule has 13 heavy (non-hydrogen) atoms. The summed E-state index contributed by atoms with van der Waals surface area (Å²) in [6, 6.07) is 3.82. The van der Waals surface area contributed by atoms with Crippen molar-refractivity contribution in [1.82, 2.24) is 0 Å². The average molecular weight is 196 g/mol. The van der Waals surface area contributed by atoms with E-state index in [2.05, 4.69) is 14.0 Å². The second kappa shape index (κ2) is 3.89. The molecule has 1 atom stereocenters. The molecule has 0 fully saturated rings. The second-order valence-corrected chi connectivity index (χ2v) is 3.64. The van der Waals surface area contributed by atoms with Crippen LogP contribution in [0.2, 0.25) is 0 Å². The van der Waals surface area contributed by atoms with Crippen LogP contribution in [0.1, 0.15) is 21.5 Å². The number of hydrogen-bond acceptors (Lipinski definition) is 2. The maximum Gasteiger partial charge on any atom is 0.338 e. The highest BCUT2D eigenvalue weighted by Crippen LogP contribution is 2.11. The molecule has 0 N–H and O–H groups in total. The fourth-order valence-electron chi connectivity index (χ4n) is 1.20. The van der Waals surface area contributed by atoms with E-state index < -0.39 is 0 Å². The molecule has 0 amide bonds. The lowest BCUT2D eigenvalue weighted by molar-refractivity contribution is 0.0600. The van der Waals surface area contributed by atoms with Gasteiger partial charge in [-0.15, -0.1) is 9.24 Å². The largest absolute Gasteiger partial charge is 0.465 e. The van der Waals surface area contributed by atoms with E-state index in [1.54, 1.807) is 0 Å². The number of carbonyl (C=O) groups is 1. The minimum absolute atomic E-state index is 0.277. The summed E-state index contributed by atoms with van der Waals surface area (Å²) < 4.78 is 4.66. The summed E-state index contributed by atoms with van der Waals surface area (Å²) in [5.41, 5.74) is 2.75. The van der Waals surface area contributed by atoms with Crippen molar-refractivity contribution in [1.29, 1.82) is 0 Å². The van der Waals surface area contributed by atoms with Crippen LogP contribution in [0.3, 0.4) is 0 Å². The van der Waals surface area contributed by atoms with Gasteiger partial charge in [0, 0.05) is 0 Å². The van der Waals surface area contributed by atoms with E-state index >= 15 is 0 Å². The first-order valence-corrected chi connectivity index (χ1v) is 4.59. The molecule has 70 valence electrons. The Kier molecular flexibility index (Phi) is 3.05. The van der Waals surface area contributed by atoms with Crippen LogP contribution in [0, 0.1) is 13.8 Å². The molecule has 0 aliphatic carbocycles. The van der Waals surface area contributed by atoms with Gasteiger partial charge >= 0.3 is 5.97 Å². The second-order valence-electron chi connectivity index (χ2n) is 3.02. The highest BCUT2D eigenvalue weighted by Gasteiger charge is 2.09. The van der Waals surface area contributed by atoms with Crippen molar-refractivity contribution in [3.05, 3.63) is 28.8 Å². The standard InChI is InChI=1S/C10H13O2P/c1-6-4-7(2)9(13)5-8(6)10(11)12-3/h4-5H,13H2,1-3H3. The molecule has 1 unspecified atom stereocenters. The van der Waals surface area contributed by atoms with Crippen LogP contribution in [-0.2, 0) is 4.74 Å². The number of aryl methyl sites for hydroxylation is 2. The Morgan fingerprint density at radius 1 is 1.31 bits per heavy atom. The Morgan fingerprint density at radius 3 is 2.46 bits per heavy atom. The summed E-state index contributed by atoms with van der Waals surface area (Å²) in [5, 5.41) is 1.03. The third-order valence-corrected chi connectivity index (χ3v) is 2.64. The molecule has 1 rings (SSSR count). The zero-order valence-electron chi connectivity index (χ0n) is 8.05. The van der Waals surface area contributed by atoms with E-state index in [9.17, 15) is 4.79 Å². The number of hydrogen-bond donors (Lipinski definition) is 0. The summed E-state index contributed by atoms with van der Waals surface area (Å²) in [6.07, 6.45) is 0. The van der Waals surface area contributed by atoms with Crippen molar-refractivity contribution >= 4 is 20.5 Å². The predicted molar refractivity (Wildman–Crippen MR) is 56.6 cm³/mol. The number of benzene rings is 1. The number of rotatable bonds is 1. The normalized spacial score (nSPS) is 9.85. The molecule has 0 bridgehead atoms. The van der Waals surface area contributed by atoms with E-state index in [0.717, 1.165) is 16.4 Å². The third-order valence-electron chi connectivity index (χ3n) is 2.02. The summed E-state index contributed by atoms with van der Waals surface area (Å²) in [5.74, 6) is -0.277. The van der Waals surface area contributed by atoms with Crippen LogP contribution in [0.4, 0.5) is 0 Å². The third kappa shape index (κ3) is 2.07. The lowest BCUT2D eigenvalue weighted by Crippen LogP contribution is -2.09. The summed E-state index contributed by atoms with van der Waals surface area (Å²) in [6.45, 7) is 3.92. The first-order valence-electron chi connectivity index (χ1n) is 4.01. The molecular weight excluding hydrogens is 183 g/mol. The molecule has 0 saturated carbocycles. The molecule has 1 aromatic carbocycles. The lowest BCUT2D eigenvalue weighted by atomic mass is 10.1. The maximum absolute atomic E-state index is 11.3. The fraction of sp³-hybridized carbons (Fsp3) is 0.300. The lowest BCUT2D eigenvalue weighted by Gasteiger charge is -2.07. The topological polar surface area (TPSA) is 26.3 Å². The van der Waals surface area contributed by atoms with Crippen molar-refractivity contribution in [3.63, 3.8) is 0 Å². The Labute approximate surface area is 80.5 Å².